The van der Waals surface area contributed by atoms with E-state index in [0.717, 1.165) is 30.2 Å². The third-order valence-corrected chi connectivity index (χ3v) is 3.07. The van der Waals surface area contributed by atoms with E-state index in [2.05, 4.69) is 17.1 Å². The third kappa shape index (κ3) is 3.17. The summed E-state index contributed by atoms with van der Waals surface area (Å²) in [6.45, 7) is 2.76. The lowest BCUT2D eigenvalue weighted by molar-refractivity contribution is 0.296. The predicted molar refractivity (Wildman–Crippen MR) is 79.3 cm³/mol. The second-order valence-electron chi connectivity index (χ2n) is 4.57. The van der Waals surface area contributed by atoms with Crippen LogP contribution in [-0.2, 0) is 0 Å². The molecule has 2 aromatic rings. The molecule has 0 saturated carbocycles. The molecule has 0 unspecified atom stereocenters. The number of hydrogen-bond acceptors (Lipinski definition) is 4. The molecule has 5 nitrogen and oxygen atoms in total. The molecule has 20 heavy (non-hydrogen) atoms. The summed E-state index contributed by atoms with van der Waals surface area (Å²) < 4.78 is 5.65. The van der Waals surface area contributed by atoms with Crippen molar-refractivity contribution in [2.24, 2.45) is 10.9 Å². The number of nitrogens with zero attached hydrogens (tertiary/aromatic N) is 2. The van der Waals surface area contributed by atoms with Crippen molar-refractivity contribution >= 4 is 16.7 Å². The van der Waals surface area contributed by atoms with E-state index in [1.165, 1.54) is 0 Å². The van der Waals surface area contributed by atoms with Gasteiger partial charge in [-0.05, 0) is 12.5 Å². The van der Waals surface area contributed by atoms with Gasteiger partial charge in [-0.1, -0.05) is 43.1 Å². The van der Waals surface area contributed by atoms with Gasteiger partial charge in [-0.25, -0.2) is 4.98 Å². The highest BCUT2D eigenvalue weighted by Crippen LogP contribution is 2.22. The van der Waals surface area contributed by atoms with E-state index in [1.807, 2.05) is 24.3 Å². The Balaban J connectivity index is 2.32. The van der Waals surface area contributed by atoms with E-state index >= 15 is 0 Å². The monoisotopic (exact) mass is 273 g/mol. The minimum atomic E-state index is 0.0574. The van der Waals surface area contributed by atoms with Gasteiger partial charge in [0.15, 0.2) is 5.84 Å². The van der Waals surface area contributed by atoms with Crippen molar-refractivity contribution in [3.63, 3.8) is 0 Å². The number of benzene rings is 1. The maximum absolute atomic E-state index is 8.89. The quantitative estimate of drug-likeness (QED) is 0.279. The molecule has 0 atom stereocenters. The van der Waals surface area contributed by atoms with Crippen LogP contribution in [0, 0.1) is 0 Å². The molecular weight excluding hydrogens is 254 g/mol. The number of hydrogen-bond donors (Lipinski definition) is 2. The normalized spacial score (nSPS) is 11.8. The average molecular weight is 273 g/mol. The van der Waals surface area contributed by atoms with Crippen LogP contribution in [0.5, 0.6) is 5.88 Å². The Labute approximate surface area is 118 Å². The molecule has 0 aliphatic carbocycles. The van der Waals surface area contributed by atoms with Gasteiger partial charge in [-0.3, -0.25) is 0 Å². The highest BCUT2D eigenvalue weighted by atomic mass is 16.5. The van der Waals surface area contributed by atoms with Crippen molar-refractivity contribution in [3.8, 4) is 5.88 Å². The van der Waals surface area contributed by atoms with Gasteiger partial charge >= 0.3 is 0 Å². The maximum atomic E-state index is 8.89. The van der Waals surface area contributed by atoms with Crippen LogP contribution in [0.15, 0.2) is 35.5 Å². The molecule has 0 fully saturated rings. The van der Waals surface area contributed by atoms with Crippen LogP contribution in [0.4, 0.5) is 0 Å². The fourth-order valence-electron chi connectivity index (χ4n) is 2.02. The summed E-state index contributed by atoms with van der Waals surface area (Å²) in [6.07, 6.45) is 3.26. The first-order chi connectivity index (χ1) is 9.76. The van der Waals surface area contributed by atoms with Crippen LogP contribution in [0.25, 0.3) is 10.9 Å². The number of rotatable bonds is 6. The Morgan fingerprint density at radius 3 is 2.90 bits per heavy atom. The van der Waals surface area contributed by atoms with Crippen LogP contribution in [-0.4, -0.2) is 22.6 Å². The second kappa shape index (κ2) is 6.75. The van der Waals surface area contributed by atoms with Gasteiger partial charge in [0.2, 0.25) is 5.88 Å². The summed E-state index contributed by atoms with van der Waals surface area (Å²) in [5.41, 5.74) is 7.12. The van der Waals surface area contributed by atoms with Crippen molar-refractivity contribution in [1.82, 2.24) is 4.98 Å². The van der Waals surface area contributed by atoms with Crippen molar-refractivity contribution in [1.29, 1.82) is 0 Å². The van der Waals surface area contributed by atoms with E-state index in [-0.39, 0.29) is 5.84 Å². The van der Waals surface area contributed by atoms with Crippen molar-refractivity contribution < 1.29 is 9.94 Å². The minimum Gasteiger partial charge on any atom is -0.478 e. The first-order valence-corrected chi connectivity index (χ1v) is 6.76. The topological polar surface area (TPSA) is 80.7 Å². The Bertz CT molecular complexity index is 611. The largest absolute Gasteiger partial charge is 0.478 e. The van der Waals surface area contributed by atoms with Gasteiger partial charge in [0.25, 0.3) is 0 Å². The van der Waals surface area contributed by atoms with Gasteiger partial charge in [-0.15, -0.1) is 0 Å². The van der Waals surface area contributed by atoms with E-state index in [9.17, 15) is 0 Å². The molecule has 0 aliphatic rings. The van der Waals surface area contributed by atoms with Crippen LogP contribution in [0.1, 0.15) is 31.7 Å². The molecule has 1 aromatic carbocycles. The number of oxime groups is 1. The van der Waals surface area contributed by atoms with E-state index in [1.54, 1.807) is 6.07 Å². The van der Waals surface area contributed by atoms with Gasteiger partial charge in [0.1, 0.15) is 0 Å². The Hall–Kier alpha value is -2.30. The second-order valence-corrected chi connectivity index (χ2v) is 4.57. The van der Waals surface area contributed by atoms with E-state index in [4.69, 9.17) is 15.7 Å². The number of para-hydroxylation sites is 1. The Kier molecular flexibility index (Phi) is 4.76. The molecule has 3 N–H and O–H groups in total. The highest BCUT2D eigenvalue weighted by molar-refractivity contribution is 6.08. The molecule has 0 radical (unpaired) electrons. The lowest BCUT2D eigenvalue weighted by Crippen LogP contribution is -2.14. The number of amidine groups is 1. The Morgan fingerprint density at radius 2 is 2.15 bits per heavy atom. The maximum Gasteiger partial charge on any atom is 0.214 e. The highest BCUT2D eigenvalue weighted by Gasteiger charge is 2.10. The Morgan fingerprint density at radius 1 is 1.35 bits per heavy atom. The van der Waals surface area contributed by atoms with Crippen LogP contribution in [0.2, 0.25) is 0 Å². The number of pyridine rings is 1. The zero-order valence-electron chi connectivity index (χ0n) is 11.5. The van der Waals surface area contributed by atoms with Crippen molar-refractivity contribution in [2.45, 2.75) is 26.2 Å². The fraction of sp³-hybridized carbons (Fsp3) is 0.333. The van der Waals surface area contributed by atoms with E-state index < -0.39 is 0 Å². The smallest absolute Gasteiger partial charge is 0.214 e. The van der Waals surface area contributed by atoms with E-state index in [0.29, 0.717) is 18.1 Å². The molecule has 0 amide bonds. The van der Waals surface area contributed by atoms with Crippen LogP contribution >= 0.6 is 0 Å². The van der Waals surface area contributed by atoms with Crippen molar-refractivity contribution in [3.05, 3.63) is 35.9 Å². The van der Waals surface area contributed by atoms with Crippen LogP contribution in [0.3, 0.4) is 0 Å². The first-order valence-electron chi connectivity index (χ1n) is 6.76. The lowest BCUT2D eigenvalue weighted by atomic mass is 10.1. The number of unbranched alkanes of at least 4 members (excludes halogenated alkanes) is 2. The number of ether oxygens (including phenoxy) is 1. The molecule has 0 bridgehead atoms. The number of fused-ring (bicyclic) bond motifs is 1. The summed E-state index contributed by atoms with van der Waals surface area (Å²) in [5.74, 6) is 0.559. The standard InChI is InChI=1S/C15H19N3O2/c1-2-3-6-9-20-14-10-12(15(16)18-19)11-7-4-5-8-13(11)17-14/h4-5,7-8,10,19H,2-3,6,9H2,1H3,(H2,16,18). The zero-order valence-corrected chi connectivity index (χ0v) is 11.5. The number of nitrogens with two attached hydrogens (primary N) is 1. The molecule has 1 heterocycles. The summed E-state index contributed by atoms with van der Waals surface area (Å²) in [5, 5.41) is 12.8. The minimum absolute atomic E-state index is 0.0574. The van der Waals surface area contributed by atoms with Gasteiger partial charge in [0.05, 0.1) is 12.1 Å². The molecule has 0 aliphatic heterocycles. The van der Waals surface area contributed by atoms with Crippen molar-refractivity contribution in [2.75, 3.05) is 6.61 Å². The molecule has 2 rings (SSSR count). The molecule has 106 valence electrons. The summed E-state index contributed by atoms with van der Waals surface area (Å²) in [7, 11) is 0. The molecule has 1 aromatic heterocycles. The number of aromatic nitrogens is 1. The molecule has 5 heteroatoms. The molecular formula is C15H19N3O2. The zero-order chi connectivity index (χ0) is 14.4. The predicted octanol–water partition coefficient (Wildman–Crippen LogP) is 2.90. The lowest BCUT2D eigenvalue weighted by Gasteiger charge is -2.09. The van der Waals surface area contributed by atoms with Gasteiger partial charge in [0, 0.05) is 17.0 Å². The van der Waals surface area contributed by atoms with Crippen LogP contribution < -0.4 is 10.5 Å². The SMILES string of the molecule is CCCCCOc1cc(C(N)=NO)c2ccccc2n1. The fourth-order valence-corrected chi connectivity index (χ4v) is 2.02. The summed E-state index contributed by atoms with van der Waals surface area (Å²) in [4.78, 5) is 4.44. The first kappa shape index (κ1) is 14.1. The van der Waals surface area contributed by atoms with Gasteiger partial charge in [-0.2, -0.15) is 0 Å². The molecule has 0 saturated heterocycles. The third-order valence-electron chi connectivity index (χ3n) is 3.07. The van der Waals surface area contributed by atoms with Gasteiger partial charge < -0.3 is 15.7 Å². The summed E-state index contributed by atoms with van der Waals surface area (Å²) >= 11 is 0. The summed E-state index contributed by atoms with van der Waals surface area (Å²) in [6, 6.07) is 9.26. The molecule has 0 spiro atoms. The average Bonchev–Trinajstić information content (AvgIpc) is 2.50.